The number of ether oxygens (including phenoxy) is 2. The van der Waals surface area contributed by atoms with E-state index in [1.54, 1.807) is 12.1 Å². The van der Waals surface area contributed by atoms with Gasteiger partial charge in [-0.05, 0) is 50.8 Å². The van der Waals surface area contributed by atoms with Crippen molar-refractivity contribution in [3.05, 3.63) is 29.6 Å². The van der Waals surface area contributed by atoms with Gasteiger partial charge in [0.05, 0.1) is 5.54 Å². The minimum absolute atomic E-state index is 0.0240. The number of likely N-dealkylation sites (tertiary alicyclic amines) is 1. The highest BCUT2D eigenvalue weighted by Gasteiger charge is 2.54. The minimum atomic E-state index is -0.377. The Kier molecular flexibility index (Phi) is 3.87. The summed E-state index contributed by atoms with van der Waals surface area (Å²) in [5.41, 5.74) is 0.278. The normalized spacial score (nSPS) is 34.4. The van der Waals surface area contributed by atoms with E-state index in [2.05, 4.69) is 12.2 Å². The molecule has 2 amide bonds. The number of hydrogen-bond donors (Lipinski definition) is 1. The molecule has 0 radical (unpaired) electrons. The second kappa shape index (κ2) is 6.09. The highest BCUT2D eigenvalue weighted by molar-refractivity contribution is 5.81. The number of piperidine rings is 1. The number of fused-ring (bicyclic) bond motifs is 1. The Bertz CT molecular complexity index is 830. The third-order valence-corrected chi connectivity index (χ3v) is 7.05. The molecule has 6 nitrogen and oxygen atoms in total. The van der Waals surface area contributed by atoms with Gasteiger partial charge in [0.1, 0.15) is 23.8 Å². The van der Waals surface area contributed by atoms with Gasteiger partial charge in [-0.15, -0.1) is 0 Å². The lowest BCUT2D eigenvalue weighted by atomic mass is 9.68. The van der Waals surface area contributed by atoms with Gasteiger partial charge in [-0.3, -0.25) is 4.79 Å². The zero-order valence-electron chi connectivity index (χ0n) is 16.0. The molecular formula is C21H25FN2O4. The van der Waals surface area contributed by atoms with Crippen LogP contribution in [0.1, 0.15) is 38.2 Å². The van der Waals surface area contributed by atoms with Gasteiger partial charge in [0, 0.05) is 36.9 Å². The summed E-state index contributed by atoms with van der Waals surface area (Å²) >= 11 is 0. The molecule has 0 bridgehead atoms. The van der Waals surface area contributed by atoms with Gasteiger partial charge in [-0.25, -0.2) is 9.18 Å². The Labute approximate surface area is 163 Å². The molecule has 1 atom stereocenters. The van der Waals surface area contributed by atoms with Crippen LogP contribution in [0.25, 0.3) is 0 Å². The number of amides is 2. The van der Waals surface area contributed by atoms with Crippen LogP contribution in [-0.2, 0) is 16.0 Å². The number of nitrogens with zero attached hydrogens (tertiary/aromatic N) is 1. The van der Waals surface area contributed by atoms with Crippen LogP contribution in [0.2, 0.25) is 0 Å². The number of carbonyl (C=O) groups is 2. The molecule has 7 heteroatoms. The molecule has 2 saturated heterocycles. The second-order valence-corrected chi connectivity index (χ2v) is 9.03. The van der Waals surface area contributed by atoms with Crippen molar-refractivity contribution in [3.63, 3.8) is 0 Å². The van der Waals surface area contributed by atoms with Crippen LogP contribution < -0.4 is 10.1 Å². The molecule has 1 spiro atoms. The molecule has 1 N–H and O–H groups in total. The molecule has 1 aromatic carbocycles. The molecule has 4 aliphatic rings. The molecule has 150 valence electrons. The van der Waals surface area contributed by atoms with Gasteiger partial charge in [-0.2, -0.15) is 0 Å². The van der Waals surface area contributed by atoms with Crippen molar-refractivity contribution in [2.24, 2.45) is 11.8 Å². The molecule has 1 aliphatic carbocycles. The topological polar surface area (TPSA) is 67.9 Å². The van der Waals surface area contributed by atoms with E-state index in [4.69, 9.17) is 9.47 Å². The molecule has 3 aliphatic heterocycles. The van der Waals surface area contributed by atoms with E-state index in [9.17, 15) is 14.0 Å². The summed E-state index contributed by atoms with van der Waals surface area (Å²) in [4.78, 5) is 26.0. The summed E-state index contributed by atoms with van der Waals surface area (Å²) < 4.78 is 24.7. The summed E-state index contributed by atoms with van der Waals surface area (Å²) in [6.45, 7) is 3.92. The standard InChI is InChI=1S/C21H25FN2O4/c1-20(9-13-8-16(22)2-3-17(13)28-20)15-4-6-24(7-5-15)18(25)14-10-21(11-14)12-27-19(26)23-21/h2-3,8,14-15H,4-7,9-12H2,1H3,(H,23,26)/t14-,20?,21-. The SMILES string of the molecule is CC1(C2CCN(C(=O)[C@H]3C[C@@]4(COC(=O)N4)C3)CC2)Cc2cc(F)ccc2O1. The van der Waals surface area contributed by atoms with Gasteiger partial charge >= 0.3 is 6.09 Å². The van der Waals surface area contributed by atoms with E-state index in [1.807, 2.05) is 4.90 Å². The van der Waals surface area contributed by atoms with Gasteiger partial charge in [-0.1, -0.05) is 0 Å². The van der Waals surface area contributed by atoms with E-state index in [1.165, 1.54) is 6.07 Å². The molecule has 5 rings (SSSR count). The Hall–Kier alpha value is -2.31. The lowest BCUT2D eigenvalue weighted by Gasteiger charge is -2.46. The maximum absolute atomic E-state index is 13.5. The Morgan fingerprint density at radius 2 is 2.04 bits per heavy atom. The fourth-order valence-corrected chi connectivity index (χ4v) is 5.42. The van der Waals surface area contributed by atoms with Gasteiger partial charge in [0.25, 0.3) is 0 Å². The number of carbonyl (C=O) groups excluding carboxylic acids is 2. The third-order valence-electron chi connectivity index (χ3n) is 7.05. The van der Waals surface area contributed by atoms with Crippen LogP contribution >= 0.6 is 0 Å². The summed E-state index contributed by atoms with van der Waals surface area (Å²) in [5.74, 6) is 1.05. The van der Waals surface area contributed by atoms with Crippen LogP contribution in [-0.4, -0.2) is 47.7 Å². The number of benzene rings is 1. The van der Waals surface area contributed by atoms with Crippen LogP contribution in [0.4, 0.5) is 9.18 Å². The first-order valence-electron chi connectivity index (χ1n) is 10.1. The first-order valence-corrected chi connectivity index (χ1v) is 10.1. The average molecular weight is 388 g/mol. The van der Waals surface area contributed by atoms with E-state index >= 15 is 0 Å². The quantitative estimate of drug-likeness (QED) is 0.846. The number of alkyl carbamates (subject to hydrolysis) is 1. The predicted octanol–water partition coefficient (Wildman–Crippen LogP) is 2.65. The smallest absolute Gasteiger partial charge is 0.407 e. The highest BCUT2D eigenvalue weighted by atomic mass is 19.1. The maximum atomic E-state index is 13.5. The van der Waals surface area contributed by atoms with Crippen molar-refractivity contribution in [2.45, 2.75) is 50.2 Å². The molecular weight excluding hydrogens is 363 g/mol. The van der Waals surface area contributed by atoms with Gasteiger partial charge in [0.15, 0.2) is 0 Å². The third kappa shape index (κ3) is 2.83. The summed E-state index contributed by atoms with van der Waals surface area (Å²) in [5, 5.41) is 2.84. The summed E-state index contributed by atoms with van der Waals surface area (Å²) in [6.07, 6.45) is 3.44. The fourth-order valence-electron chi connectivity index (χ4n) is 5.42. The van der Waals surface area contributed by atoms with Crippen molar-refractivity contribution in [1.29, 1.82) is 0 Å². The summed E-state index contributed by atoms with van der Waals surface area (Å²) in [7, 11) is 0. The fraction of sp³-hybridized carbons (Fsp3) is 0.619. The van der Waals surface area contributed by atoms with Gasteiger partial charge < -0.3 is 19.7 Å². The Balaban J connectivity index is 1.16. The monoisotopic (exact) mass is 388 g/mol. The van der Waals surface area contributed by atoms with Crippen LogP contribution in [0.5, 0.6) is 5.75 Å². The Morgan fingerprint density at radius 1 is 1.29 bits per heavy atom. The van der Waals surface area contributed by atoms with E-state index in [-0.39, 0.29) is 34.9 Å². The first-order chi connectivity index (χ1) is 13.4. The number of cyclic esters (lactones) is 1. The number of hydrogen-bond acceptors (Lipinski definition) is 4. The van der Waals surface area contributed by atoms with Gasteiger partial charge in [0.2, 0.25) is 5.91 Å². The molecule has 1 saturated carbocycles. The zero-order valence-corrected chi connectivity index (χ0v) is 16.0. The number of rotatable bonds is 2. The lowest BCUT2D eigenvalue weighted by molar-refractivity contribution is -0.143. The molecule has 1 aromatic rings. The van der Waals surface area contributed by atoms with E-state index in [0.717, 1.165) is 37.2 Å². The molecule has 3 fully saturated rings. The van der Waals surface area contributed by atoms with Crippen LogP contribution in [0, 0.1) is 17.7 Å². The van der Waals surface area contributed by atoms with E-state index in [0.29, 0.717) is 31.8 Å². The summed E-state index contributed by atoms with van der Waals surface area (Å²) in [6, 6.07) is 4.72. The van der Waals surface area contributed by atoms with Crippen LogP contribution in [0.15, 0.2) is 18.2 Å². The first kappa shape index (κ1) is 17.8. The molecule has 3 heterocycles. The van der Waals surface area contributed by atoms with Crippen molar-refractivity contribution in [1.82, 2.24) is 10.2 Å². The maximum Gasteiger partial charge on any atom is 0.407 e. The van der Waals surface area contributed by atoms with Crippen molar-refractivity contribution < 1.29 is 23.5 Å². The van der Waals surface area contributed by atoms with E-state index < -0.39 is 0 Å². The highest BCUT2D eigenvalue weighted by Crippen LogP contribution is 2.44. The Morgan fingerprint density at radius 3 is 2.71 bits per heavy atom. The number of nitrogens with one attached hydrogen (secondary N) is 1. The molecule has 28 heavy (non-hydrogen) atoms. The lowest BCUT2D eigenvalue weighted by Crippen LogP contribution is -2.59. The van der Waals surface area contributed by atoms with Crippen molar-refractivity contribution >= 4 is 12.0 Å². The average Bonchev–Trinajstić information content (AvgIpc) is 3.20. The van der Waals surface area contributed by atoms with Crippen molar-refractivity contribution in [2.75, 3.05) is 19.7 Å². The second-order valence-electron chi connectivity index (χ2n) is 9.03. The molecule has 1 unspecified atom stereocenters. The molecule has 0 aromatic heterocycles. The number of halogens is 1. The predicted molar refractivity (Wildman–Crippen MR) is 98.4 cm³/mol. The van der Waals surface area contributed by atoms with Crippen molar-refractivity contribution in [3.8, 4) is 5.75 Å². The zero-order chi connectivity index (χ0) is 19.5. The minimum Gasteiger partial charge on any atom is -0.487 e. The van der Waals surface area contributed by atoms with Crippen LogP contribution in [0.3, 0.4) is 0 Å². The largest absolute Gasteiger partial charge is 0.487 e.